The predicted octanol–water partition coefficient (Wildman–Crippen LogP) is 6.36. The SMILES string of the molecule is CCCCOc1ccc(C[C@H]2c3cc(OCCCC)c(OC)cc3CCN2Cl)cc1OC. The van der Waals surface area contributed by atoms with Gasteiger partial charge < -0.3 is 18.9 Å². The van der Waals surface area contributed by atoms with Gasteiger partial charge in [0.25, 0.3) is 0 Å². The Balaban J connectivity index is 1.85. The van der Waals surface area contributed by atoms with E-state index in [4.69, 9.17) is 30.7 Å². The summed E-state index contributed by atoms with van der Waals surface area (Å²) in [6.07, 6.45) is 5.87. The summed E-state index contributed by atoms with van der Waals surface area (Å²) in [6, 6.07) is 10.4. The molecule has 1 atom stereocenters. The Morgan fingerprint density at radius 2 is 1.53 bits per heavy atom. The van der Waals surface area contributed by atoms with Crippen molar-refractivity contribution in [2.24, 2.45) is 0 Å². The number of benzene rings is 2. The summed E-state index contributed by atoms with van der Waals surface area (Å²) in [4.78, 5) is 0. The Morgan fingerprint density at radius 3 is 2.19 bits per heavy atom. The number of hydrogen-bond acceptors (Lipinski definition) is 5. The molecule has 1 aliphatic rings. The highest BCUT2D eigenvalue weighted by Crippen LogP contribution is 2.41. The van der Waals surface area contributed by atoms with Crippen LogP contribution < -0.4 is 18.9 Å². The van der Waals surface area contributed by atoms with Gasteiger partial charge in [0.2, 0.25) is 0 Å². The molecule has 5 nitrogen and oxygen atoms in total. The molecular formula is C26H36ClNO4. The predicted molar refractivity (Wildman–Crippen MR) is 130 cm³/mol. The normalized spacial score (nSPS) is 15.8. The van der Waals surface area contributed by atoms with Crippen LogP contribution in [0.3, 0.4) is 0 Å². The lowest BCUT2D eigenvalue weighted by molar-refractivity contribution is 0.282. The third kappa shape index (κ3) is 6.02. The first-order valence-corrected chi connectivity index (χ1v) is 12.0. The smallest absolute Gasteiger partial charge is 0.161 e. The molecule has 0 fully saturated rings. The lowest BCUT2D eigenvalue weighted by Gasteiger charge is -2.33. The van der Waals surface area contributed by atoms with E-state index in [0.717, 1.165) is 73.6 Å². The summed E-state index contributed by atoms with van der Waals surface area (Å²) in [5.74, 6) is 3.12. The minimum Gasteiger partial charge on any atom is -0.493 e. The van der Waals surface area contributed by atoms with Gasteiger partial charge in [-0.25, -0.2) is 4.42 Å². The second-order valence-corrected chi connectivity index (χ2v) is 8.62. The summed E-state index contributed by atoms with van der Waals surface area (Å²) in [5.41, 5.74) is 3.61. The second kappa shape index (κ2) is 12.2. The molecule has 0 aliphatic carbocycles. The summed E-state index contributed by atoms with van der Waals surface area (Å²) in [6.45, 7) is 6.47. The zero-order valence-corrected chi connectivity index (χ0v) is 20.5. The number of nitrogens with zero attached hydrogens (tertiary/aromatic N) is 1. The molecule has 0 radical (unpaired) electrons. The molecule has 0 aromatic heterocycles. The Hall–Kier alpha value is -2.11. The third-order valence-corrected chi connectivity index (χ3v) is 6.29. The van der Waals surface area contributed by atoms with E-state index in [-0.39, 0.29) is 6.04 Å². The monoisotopic (exact) mass is 461 g/mol. The lowest BCUT2D eigenvalue weighted by atomic mass is 9.89. The molecule has 0 bridgehead atoms. The van der Waals surface area contributed by atoms with Gasteiger partial charge in [-0.3, -0.25) is 0 Å². The number of rotatable bonds is 12. The van der Waals surface area contributed by atoms with Gasteiger partial charge in [0.1, 0.15) is 0 Å². The quantitative estimate of drug-likeness (QED) is 0.272. The number of methoxy groups -OCH3 is 2. The molecule has 0 N–H and O–H groups in total. The van der Waals surface area contributed by atoms with Crippen LogP contribution in [-0.4, -0.2) is 38.4 Å². The highest BCUT2D eigenvalue weighted by molar-refractivity contribution is 6.13. The van der Waals surface area contributed by atoms with E-state index in [2.05, 4.69) is 38.1 Å². The van der Waals surface area contributed by atoms with Gasteiger partial charge in [-0.2, -0.15) is 0 Å². The first-order valence-electron chi connectivity index (χ1n) is 11.7. The van der Waals surface area contributed by atoms with Crippen molar-refractivity contribution in [2.75, 3.05) is 34.0 Å². The fourth-order valence-electron chi connectivity index (χ4n) is 3.99. The topological polar surface area (TPSA) is 40.2 Å². The minimum atomic E-state index is 0.0383. The molecule has 1 heterocycles. The van der Waals surface area contributed by atoms with E-state index in [0.29, 0.717) is 13.2 Å². The molecule has 2 aromatic rings. The van der Waals surface area contributed by atoms with Crippen molar-refractivity contribution in [1.29, 1.82) is 0 Å². The molecule has 0 saturated carbocycles. The van der Waals surface area contributed by atoms with E-state index >= 15 is 0 Å². The van der Waals surface area contributed by atoms with E-state index in [9.17, 15) is 0 Å². The molecule has 6 heteroatoms. The molecule has 1 aliphatic heterocycles. The largest absolute Gasteiger partial charge is 0.493 e. The molecular weight excluding hydrogens is 426 g/mol. The van der Waals surface area contributed by atoms with Crippen molar-refractivity contribution in [3.05, 3.63) is 47.0 Å². The molecule has 0 saturated heterocycles. The van der Waals surface area contributed by atoms with Crippen LogP contribution >= 0.6 is 11.8 Å². The first kappa shape index (κ1) is 24.5. The van der Waals surface area contributed by atoms with Crippen LogP contribution in [0.25, 0.3) is 0 Å². The zero-order valence-electron chi connectivity index (χ0n) is 19.8. The Bertz CT molecular complexity index is 873. The first-order chi connectivity index (χ1) is 15.6. The Morgan fingerprint density at radius 1 is 0.875 bits per heavy atom. The Kier molecular flexibility index (Phi) is 9.36. The molecule has 0 spiro atoms. The summed E-state index contributed by atoms with van der Waals surface area (Å²) < 4.78 is 25.0. The second-order valence-electron chi connectivity index (χ2n) is 8.18. The van der Waals surface area contributed by atoms with Gasteiger partial charge in [-0.15, -0.1) is 0 Å². The lowest BCUT2D eigenvalue weighted by Crippen LogP contribution is -2.29. The van der Waals surface area contributed by atoms with Gasteiger partial charge in [0.15, 0.2) is 23.0 Å². The van der Waals surface area contributed by atoms with Crippen LogP contribution in [0.2, 0.25) is 0 Å². The van der Waals surface area contributed by atoms with Crippen molar-refractivity contribution in [3.8, 4) is 23.0 Å². The van der Waals surface area contributed by atoms with Crippen LogP contribution in [0, 0.1) is 0 Å². The molecule has 176 valence electrons. The van der Waals surface area contributed by atoms with E-state index < -0.39 is 0 Å². The van der Waals surface area contributed by atoms with Crippen LogP contribution in [0.5, 0.6) is 23.0 Å². The number of halogens is 1. The van der Waals surface area contributed by atoms with Crippen LogP contribution in [-0.2, 0) is 12.8 Å². The van der Waals surface area contributed by atoms with Crippen LogP contribution in [0.4, 0.5) is 0 Å². The van der Waals surface area contributed by atoms with Crippen molar-refractivity contribution in [2.45, 2.75) is 58.4 Å². The number of hydrogen-bond donors (Lipinski definition) is 0. The average Bonchev–Trinajstić information content (AvgIpc) is 2.81. The van der Waals surface area contributed by atoms with Crippen molar-refractivity contribution >= 4 is 11.8 Å². The molecule has 2 aromatic carbocycles. The van der Waals surface area contributed by atoms with Gasteiger partial charge in [-0.05, 0) is 78.4 Å². The number of fused-ring (bicyclic) bond motifs is 1. The summed E-state index contributed by atoms with van der Waals surface area (Å²) >= 11 is 6.71. The standard InChI is InChI=1S/C26H36ClNO4/c1-5-7-13-31-23-10-9-19(16-24(23)29-3)15-22-21-18-26(32-14-8-6-2)25(30-4)17-20(21)11-12-28(22)27/h9-10,16-18,22H,5-8,11-15H2,1-4H3/t22-/m0/s1. The maximum Gasteiger partial charge on any atom is 0.161 e. The van der Waals surface area contributed by atoms with Crippen LogP contribution in [0.1, 0.15) is 62.3 Å². The fraction of sp³-hybridized carbons (Fsp3) is 0.538. The van der Waals surface area contributed by atoms with Crippen LogP contribution in [0.15, 0.2) is 30.3 Å². The minimum absolute atomic E-state index is 0.0383. The highest BCUT2D eigenvalue weighted by atomic mass is 35.5. The summed E-state index contributed by atoms with van der Waals surface area (Å²) in [7, 11) is 3.38. The maximum atomic E-state index is 6.71. The molecule has 0 amide bonds. The highest BCUT2D eigenvalue weighted by Gasteiger charge is 2.29. The molecule has 32 heavy (non-hydrogen) atoms. The number of ether oxygens (including phenoxy) is 4. The number of unbranched alkanes of at least 4 members (excludes halogenated alkanes) is 2. The fourth-order valence-corrected chi connectivity index (χ4v) is 4.25. The van der Waals surface area contributed by atoms with E-state index in [1.54, 1.807) is 14.2 Å². The van der Waals surface area contributed by atoms with Crippen molar-refractivity contribution in [1.82, 2.24) is 4.42 Å². The molecule has 3 rings (SSSR count). The summed E-state index contributed by atoms with van der Waals surface area (Å²) in [5, 5.41) is 0. The van der Waals surface area contributed by atoms with Gasteiger partial charge in [0.05, 0.1) is 33.5 Å². The van der Waals surface area contributed by atoms with Gasteiger partial charge in [-0.1, -0.05) is 32.8 Å². The van der Waals surface area contributed by atoms with Gasteiger partial charge >= 0.3 is 0 Å². The van der Waals surface area contributed by atoms with Crippen molar-refractivity contribution in [3.63, 3.8) is 0 Å². The Labute approximate surface area is 197 Å². The molecule has 0 unspecified atom stereocenters. The average molecular weight is 462 g/mol. The zero-order chi connectivity index (χ0) is 22.9. The maximum absolute atomic E-state index is 6.71. The van der Waals surface area contributed by atoms with Crippen molar-refractivity contribution < 1.29 is 18.9 Å². The van der Waals surface area contributed by atoms with E-state index in [1.807, 2.05) is 10.5 Å². The van der Waals surface area contributed by atoms with Gasteiger partial charge in [0, 0.05) is 6.54 Å². The van der Waals surface area contributed by atoms with E-state index in [1.165, 1.54) is 11.1 Å². The third-order valence-electron chi connectivity index (χ3n) is 5.89.